The van der Waals surface area contributed by atoms with E-state index in [2.05, 4.69) is 22.8 Å². The van der Waals surface area contributed by atoms with Crippen molar-refractivity contribution in [2.24, 2.45) is 0 Å². The molecule has 1 atom stereocenters. The summed E-state index contributed by atoms with van der Waals surface area (Å²) in [6.45, 7) is 7.01. The van der Waals surface area contributed by atoms with E-state index in [0.29, 0.717) is 0 Å². The molecule has 0 saturated carbocycles. The van der Waals surface area contributed by atoms with Crippen LogP contribution < -0.4 is 0 Å². The van der Waals surface area contributed by atoms with E-state index in [1.54, 1.807) is 5.54 Å². The molecule has 0 amide bonds. The highest BCUT2D eigenvalue weighted by atomic mass is 35.5. The Morgan fingerprint density at radius 3 is 2.53 bits per heavy atom. The molecule has 0 aliphatic carbocycles. The molecule has 0 aromatic carbocycles. The topological polar surface area (TPSA) is 30.3 Å². The quantitative estimate of drug-likeness (QED) is 0.732. The van der Waals surface area contributed by atoms with Crippen LogP contribution in [0.2, 0.25) is 0 Å². The van der Waals surface area contributed by atoms with Crippen molar-refractivity contribution in [2.45, 2.75) is 19.4 Å². The zero-order valence-corrected chi connectivity index (χ0v) is 9.95. The fraction of sp³-hybridized carbons (Fsp3) is 0.727. The lowest BCUT2D eigenvalue weighted by Gasteiger charge is -2.36. The van der Waals surface area contributed by atoms with Gasteiger partial charge in [-0.2, -0.15) is 5.26 Å². The molecule has 0 spiro atoms. The number of hydrogen-bond donors (Lipinski definition) is 0. The number of rotatable bonds is 4. The van der Waals surface area contributed by atoms with Crippen molar-refractivity contribution in [1.82, 2.24) is 9.80 Å². The molecule has 4 heteroatoms. The average Bonchev–Trinajstić information content (AvgIpc) is 2.29. The fourth-order valence-electron chi connectivity index (χ4n) is 1.88. The molecule has 1 saturated heterocycles. The third-order valence-corrected chi connectivity index (χ3v) is 3.01. The van der Waals surface area contributed by atoms with Crippen molar-refractivity contribution < 1.29 is 0 Å². The maximum atomic E-state index is 8.95. The van der Waals surface area contributed by atoms with Gasteiger partial charge in [0.05, 0.1) is 12.1 Å². The van der Waals surface area contributed by atoms with Crippen LogP contribution in [0.1, 0.15) is 13.3 Å². The Bertz CT molecular complexity index is 239. The van der Waals surface area contributed by atoms with E-state index in [1.165, 1.54) is 0 Å². The van der Waals surface area contributed by atoms with E-state index in [-0.39, 0.29) is 6.04 Å². The Morgan fingerprint density at radius 1 is 1.40 bits per heavy atom. The minimum Gasteiger partial charge on any atom is -0.297 e. The summed E-state index contributed by atoms with van der Waals surface area (Å²) in [5.41, 5.74) is 1.57. The first kappa shape index (κ1) is 12.5. The third-order valence-electron chi connectivity index (χ3n) is 2.84. The Labute approximate surface area is 96.9 Å². The molecule has 0 N–H and O–H groups in total. The normalized spacial score (nSPS) is 21.7. The Morgan fingerprint density at radius 2 is 2.07 bits per heavy atom. The molecule has 84 valence electrons. The fourth-order valence-corrected chi connectivity index (χ4v) is 1.96. The summed E-state index contributed by atoms with van der Waals surface area (Å²) in [5.74, 6) is 0. The van der Waals surface area contributed by atoms with Crippen LogP contribution in [0.25, 0.3) is 0 Å². The molecule has 1 aliphatic rings. The molecule has 1 fully saturated rings. The number of halogens is 1. The van der Waals surface area contributed by atoms with Crippen LogP contribution in [0.5, 0.6) is 0 Å². The van der Waals surface area contributed by atoms with Crippen molar-refractivity contribution in [3.8, 4) is 6.07 Å². The molecule has 3 nitrogen and oxygen atoms in total. The standard InChI is InChI=1S/C11H18ClN3/c1-2-11(10-13)15-8-6-14(7-9-15)5-3-4-12/h3-4,11H,2,5-9H2,1H3. The van der Waals surface area contributed by atoms with Gasteiger partial charge in [-0.1, -0.05) is 24.6 Å². The van der Waals surface area contributed by atoms with Gasteiger partial charge < -0.3 is 0 Å². The second-order valence-electron chi connectivity index (χ2n) is 3.75. The molecule has 1 heterocycles. The lowest BCUT2D eigenvalue weighted by atomic mass is 10.2. The summed E-state index contributed by atoms with van der Waals surface area (Å²) in [5, 5.41) is 8.95. The molecule has 15 heavy (non-hydrogen) atoms. The summed E-state index contributed by atoms with van der Waals surface area (Å²) in [4.78, 5) is 4.61. The van der Waals surface area contributed by atoms with Crippen molar-refractivity contribution in [3.63, 3.8) is 0 Å². The van der Waals surface area contributed by atoms with Crippen LogP contribution in [0.3, 0.4) is 0 Å². The van der Waals surface area contributed by atoms with Crippen LogP contribution in [-0.4, -0.2) is 48.6 Å². The molecule has 1 unspecified atom stereocenters. The van der Waals surface area contributed by atoms with Crippen molar-refractivity contribution in [2.75, 3.05) is 32.7 Å². The summed E-state index contributed by atoms with van der Waals surface area (Å²) in [6.07, 6.45) is 2.87. The highest BCUT2D eigenvalue weighted by Gasteiger charge is 2.21. The first-order chi connectivity index (χ1) is 7.31. The van der Waals surface area contributed by atoms with Gasteiger partial charge in [-0.3, -0.25) is 9.80 Å². The van der Waals surface area contributed by atoms with Crippen molar-refractivity contribution in [1.29, 1.82) is 5.26 Å². The van der Waals surface area contributed by atoms with E-state index in [4.69, 9.17) is 16.9 Å². The van der Waals surface area contributed by atoms with Gasteiger partial charge in [-0.05, 0) is 6.42 Å². The van der Waals surface area contributed by atoms with Crippen molar-refractivity contribution >= 4 is 11.6 Å². The van der Waals surface area contributed by atoms with Crippen LogP contribution in [0.4, 0.5) is 0 Å². The lowest BCUT2D eigenvalue weighted by Crippen LogP contribution is -2.49. The van der Waals surface area contributed by atoms with Gasteiger partial charge in [0.1, 0.15) is 0 Å². The van der Waals surface area contributed by atoms with E-state index < -0.39 is 0 Å². The summed E-state index contributed by atoms with van der Waals surface area (Å²) < 4.78 is 0. The molecule has 1 aliphatic heterocycles. The Balaban J connectivity index is 2.32. The predicted octanol–water partition coefficient (Wildman–Crippen LogP) is 1.66. The molecular weight excluding hydrogens is 210 g/mol. The van der Waals surface area contributed by atoms with E-state index >= 15 is 0 Å². The maximum Gasteiger partial charge on any atom is 0.0976 e. The SMILES string of the molecule is CCC(C#N)N1CCN(CC=CCl)CC1. The van der Waals surface area contributed by atoms with Gasteiger partial charge in [0, 0.05) is 38.3 Å². The van der Waals surface area contributed by atoms with Crippen LogP contribution >= 0.6 is 11.6 Å². The number of hydrogen-bond acceptors (Lipinski definition) is 3. The third kappa shape index (κ3) is 3.83. The van der Waals surface area contributed by atoms with Gasteiger partial charge in [0.15, 0.2) is 0 Å². The van der Waals surface area contributed by atoms with E-state index in [1.807, 2.05) is 6.08 Å². The van der Waals surface area contributed by atoms with Crippen LogP contribution in [0, 0.1) is 11.3 Å². The highest BCUT2D eigenvalue weighted by molar-refractivity contribution is 6.25. The van der Waals surface area contributed by atoms with Crippen LogP contribution in [-0.2, 0) is 0 Å². The van der Waals surface area contributed by atoms with Crippen LogP contribution in [0.15, 0.2) is 11.6 Å². The molecule has 0 bridgehead atoms. The molecule has 0 radical (unpaired) electrons. The second-order valence-corrected chi connectivity index (χ2v) is 4.00. The Kier molecular flexibility index (Phi) is 5.70. The van der Waals surface area contributed by atoms with E-state index in [0.717, 1.165) is 39.1 Å². The summed E-state index contributed by atoms with van der Waals surface area (Å²) >= 11 is 5.48. The Hall–Kier alpha value is -0.560. The summed E-state index contributed by atoms with van der Waals surface area (Å²) in [7, 11) is 0. The van der Waals surface area contributed by atoms with E-state index in [9.17, 15) is 0 Å². The molecule has 0 aromatic rings. The van der Waals surface area contributed by atoms with Gasteiger partial charge in [-0.25, -0.2) is 0 Å². The lowest BCUT2D eigenvalue weighted by molar-refractivity contribution is 0.121. The summed E-state index contributed by atoms with van der Waals surface area (Å²) in [6, 6.07) is 2.45. The number of piperazine rings is 1. The van der Waals surface area contributed by atoms with Gasteiger partial charge in [0.2, 0.25) is 0 Å². The zero-order valence-electron chi connectivity index (χ0n) is 9.19. The molecule has 1 rings (SSSR count). The predicted molar refractivity (Wildman–Crippen MR) is 62.7 cm³/mol. The van der Waals surface area contributed by atoms with Crippen molar-refractivity contribution in [3.05, 3.63) is 11.6 Å². The average molecular weight is 228 g/mol. The minimum absolute atomic E-state index is 0.0933. The number of nitrogens with zero attached hydrogens (tertiary/aromatic N) is 3. The monoisotopic (exact) mass is 227 g/mol. The zero-order chi connectivity index (χ0) is 11.1. The van der Waals surface area contributed by atoms with Gasteiger partial charge >= 0.3 is 0 Å². The van der Waals surface area contributed by atoms with Gasteiger partial charge in [-0.15, -0.1) is 0 Å². The molecule has 0 aromatic heterocycles. The maximum absolute atomic E-state index is 8.95. The smallest absolute Gasteiger partial charge is 0.0976 e. The first-order valence-electron chi connectivity index (χ1n) is 5.43. The molecular formula is C11H18ClN3. The second kappa shape index (κ2) is 6.84. The van der Waals surface area contributed by atoms with Gasteiger partial charge in [0.25, 0.3) is 0 Å². The first-order valence-corrected chi connectivity index (χ1v) is 5.86. The largest absolute Gasteiger partial charge is 0.297 e. The minimum atomic E-state index is 0.0933. The highest BCUT2D eigenvalue weighted by Crippen LogP contribution is 2.08. The number of nitriles is 1.